The van der Waals surface area contributed by atoms with Gasteiger partial charge in [0.05, 0.1) is 11.4 Å². The third kappa shape index (κ3) is 1.72. The molecule has 0 saturated heterocycles. The molecule has 1 heterocycles. The second-order valence-electron chi connectivity index (χ2n) is 2.44. The minimum atomic E-state index is -4.40. The standard InChI is InChI=1S/C7H7F3N2/c1-4-3-11-6(5(2)12-4)7(8,9)10/h3H,1-2H3. The average molecular weight is 176 g/mol. The summed E-state index contributed by atoms with van der Waals surface area (Å²) in [7, 11) is 0. The van der Waals surface area contributed by atoms with Crippen LogP contribution in [-0.2, 0) is 6.18 Å². The fourth-order valence-electron chi connectivity index (χ4n) is 0.876. The molecule has 0 amide bonds. The van der Waals surface area contributed by atoms with Gasteiger partial charge in [-0.15, -0.1) is 0 Å². The molecule has 0 aliphatic rings. The van der Waals surface area contributed by atoms with E-state index in [1.54, 1.807) is 6.92 Å². The van der Waals surface area contributed by atoms with Crippen LogP contribution in [0.5, 0.6) is 0 Å². The third-order valence-electron chi connectivity index (χ3n) is 1.34. The fourth-order valence-corrected chi connectivity index (χ4v) is 0.876. The van der Waals surface area contributed by atoms with Crippen molar-refractivity contribution in [3.05, 3.63) is 23.3 Å². The number of halogens is 3. The van der Waals surface area contributed by atoms with Gasteiger partial charge in [-0.05, 0) is 13.8 Å². The molecule has 0 N–H and O–H groups in total. The van der Waals surface area contributed by atoms with Crippen LogP contribution in [0.15, 0.2) is 6.20 Å². The predicted molar refractivity (Wildman–Crippen MR) is 36.5 cm³/mol. The van der Waals surface area contributed by atoms with E-state index in [9.17, 15) is 13.2 Å². The van der Waals surface area contributed by atoms with Gasteiger partial charge in [0.2, 0.25) is 0 Å². The first-order valence-corrected chi connectivity index (χ1v) is 3.28. The van der Waals surface area contributed by atoms with Gasteiger partial charge in [0, 0.05) is 6.20 Å². The molecule has 12 heavy (non-hydrogen) atoms. The Hall–Kier alpha value is -1.13. The maximum Gasteiger partial charge on any atom is 0.435 e. The number of rotatable bonds is 0. The molecule has 66 valence electrons. The lowest BCUT2D eigenvalue weighted by atomic mass is 10.3. The second kappa shape index (κ2) is 2.73. The minimum absolute atomic E-state index is 0.0810. The summed E-state index contributed by atoms with van der Waals surface area (Å²) in [5.41, 5.74) is -0.504. The molecule has 0 saturated carbocycles. The van der Waals surface area contributed by atoms with Crippen molar-refractivity contribution in [2.45, 2.75) is 20.0 Å². The summed E-state index contributed by atoms with van der Waals surface area (Å²) in [6.45, 7) is 2.89. The number of hydrogen-bond donors (Lipinski definition) is 0. The van der Waals surface area contributed by atoms with Crippen LogP contribution >= 0.6 is 0 Å². The van der Waals surface area contributed by atoms with Gasteiger partial charge in [-0.25, -0.2) is 4.98 Å². The van der Waals surface area contributed by atoms with E-state index in [-0.39, 0.29) is 5.69 Å². The summed E-state index contributed by atoms with van der Waals surface area (Å²) in [4.78, 5) is 6.92. The predicted octanol–water partition coefficient (Wildman–Crippen LogP) is 2.11. The Morgan fingerprint density at radius 3 is 2.25 bits per heavy atom. The van der Waals surface area contributed by atoms with E-state index in [1.807, 2.05) is 0 Å². The summed E-state index contributed by atoms with van der Waals surface area (Å²) >= 11 is 0. The minimum Gasteiger partial charge on any atom is -0.255 e. The average Bonchev–Trinajstić information content (AvgIpc) is 1.83. The lowest BCUT2D eigenvalue weighted by Gasteiger charge is -2.07. The van der Waals surface area contributed by atoms with Crippen LogP contribution in [0.1, 0.15) is 17.1 Å². The molecule has 0 aromatic carbocycles. The van der Waals surface area contributed by atoms with Gasteiger partial charge in [0.25, 0.3) is 0 Å². The SMILES string of the molecule is Cc1cnc(C(F)(F)F)c(C)n1. The van der Waals surface area contributed by atoms with Crippen LogP contribution in [0.4, 0.5) is 13.2 Å². The van der Waals surface area contributed by atoms with Gasteiger partial charge >= 0.3 is 6.18 Å². The molecule has 0 bridgehead atoms. The molecule has 1 aromatic rings. The van der Waals surface area contributed by atoms with Gasteiger partial charge in [0.1, 0.15) is 0 Å². The molecule has 5 heteroatoms. The molecular weight excluding hydrogens is 169 g/mol. The number of nitrogens with zero attached hydrogens (tertiary/aromatic N) is 2. The number of aromatic nitrogens is 2. The van der Waals surface area contributed by atoms with E-state index in [4.69, 9.17) is 0 Å². The highest BCUT2D eigenvalue weighted by atomic mass is 19.4. The van der Waals surface area contributed by atoms with E-state index in [2.05, 4.69) is 9.97 Å². The summed E-state index contributed by atoms with van der Waals surface area (Å²) < 4.78 is 36.2. The van der Waals surface area contributed by atoms with Crippen molar-refractivity contribution in [2.24, 2.45) is 0 Å². The maximum absolute atomic E-state index is 12.1. The first kappa shape index (κ1) is 8.96. The first-order valence-electron chi connectivity index (χ1n) is 3.28. The zero-order valence-corrected chi connectivity index (χ0v) is 6.61. The van der Waals surface area contributed by atoms with Crippen molar-refractivity contribution in [1.82, 2.24) is 9.97 Å². The molecule has 0 aliphatic heterocycles. The largest absolute Gasteiger partial charge is 0.435 e. The Morgan fingerprint density at radius 1 is 1.25 bits per heavy atom. The zero-order valence-electron chi connectivity index (χ0n) is 6.61. The van der Waals surface area contributed by atoms with Crippen LogP contribution in [0.2, 0.25) is 0 Å². The number of aryl methyl sites for hydroxylation is 2. The van der Waals surface area contributed by atoms with E-state index >= 15 is 0 Å². The van der Waals surface area contributed by atoms with Gasteiger partial charge in [-0.3, -0.25) is 4.98 Å². The molecule has 0 spiro atoms. The van der Waals surface area contributed by atoms with Gasteiger partial charge in [-0.1, -0.05) is 0 Å². The molecular formula is C7H7F3N2. The fraction of sp³-hybridized carbons (Fsp3) is 0.429. The Balaban J connectivity index is 3.19. The highest BCUT2D eigenvalue weighted by Crippen LogP contribution is 2.28. The maximum atomic E-state index is 12.1. The van der Waals surface area contributed by atoms with Gasteiger partial charge in [-0.2, -0.15) is 13.2 Å². The molecule has 0 radical (unpaired) electrons. The van der Waals surface area contributed by atoms with E-state index in [0.717, 1.165) is 6.20 Å². The molecule has 0 atom stereocenters. The topological polar surface area (TPSA) is 25.8 Å². The third-order valence-corrected chi connectivity index (χ3v) is 1.34. The molecule has 0 unspecified atom stereocenters. The Morgan fingerprint density at radius 2 is 1.83 bits per heavy atom. The van der Waals surface area contributed by atoms with E-state index in [1.165, 1.54) is 6.92 Å². The molecule has 0 aliphatic carbocycles. The summed E-state index contributed by atoms with van der Waals surface area (Å²) in [5.74, 6) is 0. The monoisotopic (exact) mass is 176 g/mol. The van der Waals surface area contributed by atoms with Crippen molar-refractivity contribution in [1.29, 1.82) is 0 Å². The van der Waals surface area contributed by atoms with Gasteiger partial charge in [0.15, 0.2) is 5.69 Å². The van der Waals surface area contributed by atoms with Crippen LogP contribution in [0.25, 0.3) is 0 Å². The van der Waals surface area contributed by atoms with E-state index < -0.39 is 11.9 Å². The first-order chi connectivity index (χ1) is 5.41. The van der Waals surface area contributed by atoms with Crippen LogP contribution in [-0.4, -0.2) is 9.97 Å². The molecule has 0 fully saturated rings. The second-order valence-corrected chi connectivity index (χ2v) is 2.44. The van der Waals surface area contributed by atoms with Crippen molar-refractivity contribution in [3.8, 4) is 0 Å². The normalized spacial score (nSPS) is 11.8. The molecule has 1 rings (SSSR count). The lowest BCUT2D eigenvalue weighted by Crippen LogP contribution is -2.11. The van der Waals surface area contributed by atoms with Crippen LogP contribution in [0.3, 0.4) is 0 Å². The molecule has 1 aromatic heterocycles. The molecule has 2 nitrogen and oxygen atoms in total. The van der Waals surface area contributed by atoms with Crippen molar-refractivity contribution in [2.75, 3.05) is 0 Å². The van der Waals surface area contributed by atoms with Crippen molar-refractivity contribution in [3.63, 3.8) is 0 Å². The summed E-state index contributed by atoms with van der Waals surface area (Å²) in [6.07, 6.45) is -3.29. The summed E-state index contributed by atoms with van der Waals surface area (Å²) in [6, 6.07) is 0. The highest BCUT2D eigenvalue weighted by molar-refractivity contribution is 5.14. The lowest BCUT2D eigenvalue weighted by molar-refractivity contribution is -0.141. The van der Waals surface area contributed by atoms with E-state index in [0.29, 0.717) is 5.69 Å². The number of hydrogen-bond acceptors (Lipinski definition) is 2. The highest BCUT2D eigenvalue weighted by Gasteiger charge is 2.34. The Labute approximate surface area is 67.5 Å². The van der Waals surface area contributed by atoms with Crippen molar-refractivity contribution >= 4 is 0 Å². The van der Waals surface area contributed by atoms with Crippen molar-refractivity contribution < 1.29 is 13.2 Å². The number of alkyl halides is 3. The van der Waals surface area contributed by atoms with Crippen LogP contribution < -0.4 is 0 Å². The Kier molecular flexibility index (Phi) is 2.04. The zero-order chi connectivity index (χ0) is 9.35. The smallest absolute Gasteiger partial charge is 0.255 e. The van der Waals surface area contributed by atoms with Crippen LogP contribution in [0, 0.1) is 13.8 Å². The Bertz CT molecular complexity index is 293. The van der Waals surface area contributed by atoms with Gasteiger partial charge < -0.3 is 0 Å². The summed E-state index contributed by atoms with van der Waals surface area (Å²) in [5, 5.41) is 0. The quantitative estimate of drug-likeness (QED) is 0.605.